The number of piperidine rings is 1. The molecule has 190 valence electrons. The van der Waals surface area contributed by atoms with Crippen LogP contribution in [-0.2, 0) is 4.79 Å². The summed E-state index contributed by atoms with van der Waals surface area (Å²) in [7, 11) is 0. The van der Waals surface area contributed by atoms with E-state index in [2.05, 4.69) is 46.4 Å². The zero-order valence-electron chi connectivity index (χ0n) is 21.5. The van der Waals surface area contributed by atoms with Gasteiger partial charge in [0, 0.05) is 61.2 Å². The van der Waals surface area contributed by atoms with Crippen molar-refractivity contribution in [3.8, 4) is 22.6 Å². The van der Waals surface area contributed by atoms with Gasteiger partial charge in [0.15, 0.2) is 0 Å². The van der Waals surface area contributed by atoms with E-state index in [1.54, 1.807) is 25.5 Å². The molecule has 1 N–H and O–H groups in total. The number of nitrogens with one attached hydrogen (secondary N) is 1. The molecule has 3 aromatic heterocycles. The highest BCUT2D eigenvalue weighted by molar-refractivity contribution is 5.74. The predicted molar refractivity (Wildman–Crippen MR) is 141 cm³/mol. The van der Waals surface area contributed by atoms with Crippen LogP contribution in [0.1, 0.15) is 58.3 Å². The lowest BCUT2D eigenvalue weighted by Gasteiger charge is -2.37. The van der Waals surface area contributed by atoms with E-state index in [1.165, 1.54) is 0 Å². The van der Waals surface area contributed by atoms with Crippen LogP contribution < -0.4 is 5.32 Å². The molecular weight excluding hydrogens is 466 g/mol. The van der Waals surface area contributed by atoms with Crippen LogP contribution in [0.4, 0.5) is 11.5 Å². The van der Waals surface area contributed by atoms with Crippen LogP contribution in [0.25, 0.3) is 22.6 Å². The Hall–Kier alpha value is -4.21. The summed E-state index contributed by atoms with van der Waals surface area (Å²) >= 11 is 0. The average Bonchev–Trinajstić information content (AvgIpc) is 3.40. The standard InChI is InChI=1S/C27H31N9O/c1-17(2)36-16-25(33-34-36)20-6-5-7-22(12-20)30-26-13-23(24-14-28-10-11-29-24)31-27(32-26)21-9-8-18(3)35(15-21)19(4)37/h5-7,10-14,16-18,21H,8-9,15H2,1-4H3,(H,30,31,32)/t18-,21+/m0/s1. The molecule has 0 bridgehead atoms. The number of hydrogen-bond acceptors (Lipinski definition) is 8. The Balaban J connectivity index is 1.48. The Morgan fingerprint density at radius 2 is 1.95 bits per heavy atom. The molecule has 1 fully saturated rings. The van der Waals surface area contributed by atoms with Crippen molar-refractivity contribution in [2.75, 3.05) is 11.9 Å². The molecule has 0 aliphatic carbocycles. The van der Waals surface area contributed by atoms with Gasteiger partial charge in [0.25, 0.3) is 0 Å². The molecule has 37 heavy (non-hydrogen) atoms. The molecule has 0 radical (unpaired) electrons. The number of nitrogens with zero attached hydrogens (tertiary/aromatic N) is 8. The van der Waals surface area contributed by atoms with Gasteiger partial charge in [0.1, 0.15) is 23.0 Å². The minimum absolute atomic E-state index is 0.0367. The van der Waals surface area contributed by atoms with Gasteiger partial charge in [-0.05, 0) is 45.7 Å². The van der Waals surface area contributed by atoms with Gasteiger partial charge in [-0.1, -0.05) is 17.3 Å². The van der Waals surface area contributed by atoms with E-state index in [1.807, 2.05) is 46.1 Å². The summed E-state index contributed by atoms with van der Waals surface area (Å²) < 4.78 is 1.84. The highest BCUT2D eigenvalue weighted by atomic mass is 16.2. The molecule has 10 heteroatoms. The van der Waals surface area contributed by atoms with Crippen LogP contribution in [0.2, 0.25) is 0 Å². The SMILES string of the molecule is CC(=O)N1C[C@H](c2nc(Nc3cccc(-c4cn(C(C)C)nn4)c3)cc(-c3cnccn3)n2)CC[C@@H]1C. The summed E-state index contributed by atoms with van der Waals surface area (Å²) in [4.78, 5) is 32.5. The Labute approximate surface area is 216 Å². The zero-order chi connectivity index (χ0) is 25.9. The Morgan fingerprint density at radius 3 is 2.68 bits per heavy atom. The van der Waals surface area contributed by atoms with Gasteiger partial charge >= 0.3 is 0 Å². The van der Waals surface area contributed by atoms with Gasteiger partial charge in [-0.25, -0.2) is 14.6 Å². The summed E-state index contributed by atoms with van der Waals surface area (Å²) in [5.41, 5.74) is 3.99. The van der Waals surface area contributed by atoms with Gasteiger partial charge in [0.05, 0.1) is 18.1 Å². The van der Waals surface area contributed by atoms with E-state index < -0.39 is 0 Å². The molecule has 2 atom stereocenters. The number of benzene rings is 1. The lowest BCUT2D eigenvalue weighted by atomic mass is 9.92. The Bertz CT molecular complexity index is 1390. The van der Waals surface area contributed by atoms with Crippen molar-refractivity contribution in [3.63, 3.8) is 0 Å². The summed E-state index contributed by atoms with van der Waals surface area (Å²) in [5.74, 6) is 1.46. The van der Waals surface area contributed by atoms with Gasteiger partial charge in [-0.15, -0.1) is 5.10 Å². The first-order valence-electron chi connectivity index (χ1n) is 12.6. The van der Waals surface area contributed by atoms with Gasteiger partial charge in [-0.3, -0.25) is 14.8 Å². The molecule has 10 nitrogen and oxygen atoms in total. The first kappa shape index (κ1) is 24.5. The number of carbonyl (C=O) groups is 1. The van der Waals surface area contributed by atoms with Gasteiger partial charge in [-0.2, -0.15) is 0 Å². The molecule has 4 aromatic rings. The lowest BCUT2D eigenvalue weighted by molar-refractivity contribution is -0.132. The molecule has 1 aliphatic rings. The normalized spacial score (nSPS) is 17.7. The second-order valence-corrected chi connectivity index (χ2v) is 9.77. The lowest BCUT2D eigenvalue weighted by Crippen LogP contribution is -2.44. The van der Waals surface area contributed by atoms with Crippen molar-refractivity contribution in [2.45, 2.75) is 58.5 Å². The van der Waals surface area contributed by atoms with E-state index in [9.17, 15) is 4.79 Å². The monoisotopic (exact) mass is 497 g/mol. The Morgan fingerprint density at radius 1 is 1.08 bits per heavy atom. The molecule has 1 aliphatic heterocycles. The van der Waals surface area contributed by atoms with Gasteiger partial charge < -0.3 is 10.2 Å². The highest BCUT2D eigenvalue weighted by Crippen LogP contribution is 2.31. The number of rotatable bonds is 6. The van der Waals surface area contributed by atoms with Crippen LogP contribution in [0, 0.1) is 0 Å². The van der Waals surface area contributed by atoms with E-state index in [4.69, 9.17) is 9.97 Å². The fourth-order valence-electron chi connectivity index (χ4n) is 4.60. The van der Waals surface area contributed by atoms with E-state index in [-0.39, 0.29) is 23.9 Å². The maximum Gasteiger partial charge on any atom is 0.219 e. The maximum absolute atomic E-state index is 12.2. The highest BCUT2D eigenvalue weighted by Gasteiger charge is 2.30. The minimum Gasteiger partial charge on any atom is -0.340 e. The van der Waals surface area contributed by atoms with Gasteiger partial charge in [0.2, 0.25) is 5.91 Å². The van der Waals surface area contributed by atoms with Crippen molar-refractivity contribution in [1.82, 2.24) is 39.8 Å². The summed E-state index contributed by atoms with van der Waals surface area (Å²) in [6, 6.07) is 10.3. The third kappa shape index (κ3) is 5.47. The van der Waals surface area contributed by atoms with Crippen LogP contribution in [0.5, 0.6) is 0 Å². The van der Waals surface area contributed by atoms with Crippen molar-refractivity contribution in [3.05, 3.63) is 60.9 Å². The second-order valence-electron chi connectivity index (χ2n) is 9.77. The van der Waals surface area contributed by atoms with Crippen molar-refractivity contribution < 1.29 is 4.79 Å². The fourth-order valence-corrected chi connectivity index (χ4v) is 4.60. The first-order chi connectivity index (χ1) is 17.9. The minimum atomic E-state index is 0.0367. The topological polar surface area (TPSA) is 115 Å². The van der Waals surface area contributed by atoms with E-state index in [0.717, 1.165) is 29.8 Å². The molecule has 1 aromatic carbocycles. The molecule has 5 rings (SSSR count). The smallest absolute Gasteiger partial charge is 0.219 e. The predicted octanol–water partition coefficient (Wildman–Crippen LogP) is 4.63. The number of carbonyl (C=O) groups excluding carboxylic acids is 1. The van der Waals surface area contributed by atoms with Crippen LogP contribution in [0.3, 0.4) is 0 Å². The summed E-state index contributed by atoms with van der Waals surface area (Å²) in [6.45, 7) is 8.45. The van der Waals surface area contributed by atoms with Crippen molar-refractivity contribution in [1.29, 1.82) is 0 Å². The third-order valence-corrected chi connectivity index (χ3v) is 6.69. The number of hydrogen-bond donors (Lipinski definition) is 1. The third-order valence-electron chi connectivity index (χ3n) is 6.69. The zero-order valence-corrected chi connectivity index (χ0v) is 21.5. The summed E-state index contributed by atoms with van der Waals surface area (Å²) in [6.07, 6.45) is 8.75. The van der Waals surface area contributed by atoms with Crippen molar-refractivity contribution in [2.24, 2.45) is 0 Å². The number of anilines is 2. The number of amides is 1. The Kier molecular flexibility index (Phi) is 6.89. The number of likely N-dealkylation sites (tertiary alicyclic amines) is 1. The largest absolute Gasteiger partial charge is 0.340 e. The number of aromatic nitrogens is 7. The fraction of sp³-hybridized carbons (Fsp3) is 0.370. The molecule has 0 unspecified atom stereocenters. The van der Waals surface area contributed by atoms with E-state index in [0.29, 0.717) is 29.6 Å². The van der Waals surface area contributed by atoms with Crippen LogP contribution >= 0.6 is 0 Å². The van der Waals surface area contributed by atoms with Crippen molar-refractivity contribution >= 4 is 17.4 Å². The van der Waals surface area contributed by atoms with E-state index >= 15 is 0 Å². The maximum atomic E-state index is 12.2. The van der Waals surface area contributed by atoms with Crippen LogP contribution in [0.15, 0.2) is 55.1 Å². The molecule has 1 saturated heterocycles. The molecule has 0 saturated carbocycles. The quantitative estimate of drug-likeness (QED) is 0.410. The average molecular weight is 498 g/mol. The second kappa shape index (κ2) is 10.4. The van der Waals surface area contributed by atoms with Crippen LogP contribution in [-0.4, -0.2) is 58.3 Å². The molecule has 1 amide bonds. The molecule has 0 spiro atoms. The summed E-state index contributed by atoms with van der Waals surface area (Å²) in [5, 5.41) is 12.0. The first-order valence-corrected chi connectivity index (χ1v) is 12.6. The molecular formula is C27H31N9O. The molecule has 4 heterocycles.